The third-order valence-electron chi connectivity index (χ3n) is 11.5. The van der Waals surface area contributed by atoms with Gasteiger partial charge in [-0.3, -0.25) is 9.59 Å². The molecule has 6 atom stereocenters. The summed E-state index contributed by atoms with van der Waals surface area (Å²) in [6, 6.07) is 0. The van der Waals surface area contributed by atoms with Crippen molar-refractivity contribution in [3.8, 4) is 0 Å². The van der Waals surface area contributed by atoms with Crippen LogP contribution < -0.4 is 10.2 Å². The molecule has 4 fully saturated rings. The number of ether oxygens (including phenoxy) is 2. The van der Waals surface area contributed by atoms with Gasteiger partial charge in [0.05, 0.1) is 14.2 Å². The maximum Gasteiger partial charge on any atom is 0.305 e. The zero-order valence-electron chi connectivity index (χ0n) is 30.4. The number of hydrogen-bond acceptors (Lipinski definition) is 12. The van der Waals surface area contributed by atoms with E-state index in [0.29, 0.717) is 95.9 Å². The first-order chi connectivity index (χ1) is 25.3. The molecule has 6 aliphatic rings. The van der Waals surface area contributed by atoms with Crippen molar-refractivity contribution in [3.05, 3.63) is 27.7 Å². The van der Waals surface area contributed by atoms with Crippen LogP contribution in [0.5, 0.6) is 0 Å². The minimum Gasteiger partial charge on any atom is -0.469 e. The molecule has 0 amide bonds. The van der Waals surface area contributed by atoms with E-state index >= 15 is 0 Å². The number of esters is 2. The number of alkyl halides is 4. The first kappa shape index (κ1) is 40.2. The third kappa shape index (κ3) is 9.01. The number of rotatable bonds is 7. The number of fused-ring (bicyclic) bond motifs is 4. The van der Waals surface area contributed by atoms with Crippen molar-refractivity contribution in [2.75, 3.05) is 57.8 Å². The van der Waals surface area contributed by atoms with E-state index in [1.807, 2.05) is 6.26 Å². The summed E-state index contributed by atoms with van der Waals surface area (Å²) in [5.41, 5.74) is 0.795. The van der Waals surface area contributed by atoms with Crippen molar-refractivity contribution in [2.24, 2.45) is 35.5 Å². The standard InChI is InChI=1S/C18H23F2N3O2S.C10H11ClF2N2S.C8H13NO2/c1-25-14(24)7-11-12-8-23(9-13(11)12)16-10-5-3-4-6-18(19,20)15(10)21-17(22-16)26-2;1-16-9-14-7-6(8(11)15-9)4-2-3-5-10(7,12)13;1-11-8(10)2-5-6-3-9-4-7(5)6/h11-13H,3-9H2,1-2H3;2-5H2,1H3;5-7,9H,2-4H2,1H3/t11?,12-,13+;;5?,6-,7+. The Morgan fingerprint density at radius 1 is 0.755 bits per heavy atom. The van der Waals surface area contributed by atoms with Crippen LogP contribution in [0.4, 0.5) is 23.4 Å². The minimum atomic E-state index is -2.88. The van der Waals surface area contributed by atoms with Crippen molar-refractivity contribution in [1.29, 1.82) is 0 Å². The number of anilines is 1. The molecule has 0 aromatic carbocycles. The number of nitrogens with one attached hydrogen (secondary N) is 1. The molecule has 17 heteroatoms. The summed E-state index contributed by atoms with van der Waals surface area (Å²) in [5.74, 6) is -1.89. The van der Waals surface area contributed by atoms with Gasteiger partial charge in [-0.25, -0.2) is 19.9 Å². The number of methoxy groups -OCH3 is 2. The van der Waals surface area contributed by atoms with Gasteiger partial charge in [0.1, 0.15) is 22.4 Å². The highest BCUT2D eigenvalue weighted by Crippen LogP contribution is 2.55. The lowest BCUT2D eigenvalue weighted by atomic mass is 10.1. The SMILES string of the molecule is COC(=O)CC1[C@H]2CN(c3nc(SC)nc4c3CCCCC4(F)F)C[C@@H]12.COC(=O)CC1[C@H]2CNC[C@@H]12.CSc1nc(Cl)c2c(n1)C(F)(F)CCCC2. The number of piperidine rings is 2. The Balaban J connectivity index is 0.000000151. The summed E-state index contributed by atoms with van der Waals surface area (Å²) in [5, 5.41) is 4.19. The number of halogens is 5. The van der Waals surface area contributed by atoms with Crippen molar-refractivity contribution in [3.63, 3.8) is 0 Å². The number of carbonyl (C=O) groups is 2. The first-order valence-corrected chi connectivity index (χ1v) is 21.1. The van der Waals surface area contributed by atoms with Crippen LogP contribution >= 0.6 is 35.1 Å². The topological polar surface area (TPSA) is 119 Å². The predicted octanol–water partition coefficient (Wildman–Crippen LogP) is 6.95. The predicted molar refractivity (Wildman–Crippen MR) is 195 cm³/mol. The molecule has 4 heterocycles. The lowest BCUT2D eigenvalue weighted by molar-refractivity contribution is -0.142. The quantitative estimate of drug-likeness (QED) is 0.0780. The molecule has 0 bridgehead atoms. The van der Waals surface area contributed by atoms with E-state index in [-0.39, 0.29) is 41.3 Å². The van der Waals surface area contributed by atoms with Crippen LogP contribution in [0.3, 0.4) is 0 Å². The molecule has 4 aliphatic carbocycles. The Labute approximate surface area is 321 Å². The van der Waals surface area contributed by atoms with Crippen molar-refractivity contribution in [2.45, 2.75) is 86.4 Å². The van der Waals surface area contributed by atoms with Crippen molar-refractivity contribution in [1.82, 2.24) is 25.3 Å². The van der Waals surface area contributed by atoms with Crippen LogP contribution in [-0.4, -0.2) is 84.8 Å². The molecule has 10 nitrogen and oxygen atoms in total. The first-order valence-electron chi connectivity index (χ1n) is 18.2. The van der Waals surface area contributed by atoms with Gasteiger partial charge in [-0.1, -0.05) is 35.1 Å². The molecular formula is C36H47ClF4N6O4S2. The second-order valence-electron chi connectivity index (χ2n) is 14.6. The molecule has 2 aliphatic heterocycles. The van der Waals surface area contributed by atoms with E-state index in [1.54, 1.807) is 6.26 Å². The van der Waals surface area contributed by atoms with Gasteiger partial charge in [-0.05, 0) is 99.6 Å². The van der Waals surface area contributed by atoms with E-state index < -0.39 is 11.8 Å². The second-order valence-corrected chi connectivity index (χ2v) is 16.5. The summed E-state index contributed by atoms with van der Waals surface area (Å²) in [7, 11) is 2.87. The molecule has 8 rings (SSSR count). The molecular weight excluding hydrogens is 756 g/mol. The van der Waals surface area contributed by atoms with E-state index in [2.05, 4.69) is 34.9 Å². The maximum absolute atomic E-state index is 14.6. The second kappa shape index (κ2) is 16.7. The van der Waals surface area contributed by atoms with Crippen molar-refractivity contribution < 1.29 is 36.6 Å². The molecule has 53 heavy (non-hydrogen) atoms. The summed E-state index contributed by atoms with van der Waals surface area (Å²) in [6.07, 6.45) is 7.94. The van der Waals surface area contributed by atoms with Gasteiger partial charge in [0, 0.05) is 49.9 Å². The number of thioether (sulfide) groups is 2. The van der Waals surface area contributed by atoms with E-state index in [9.17, 15) is 27.2 Å². The van der Waals surface area contributed by atoms with Crippen molar-refractivity contribution >= 4 is 52.9 Å². The summed E-state index contributed by atoms with van der Waals surface area (Å²) >= 11 is 8.45. The zero-order chi connectivity index (χ0) is 38.1. The van der Waals surface area contributed by atoms with E-state index in [4.69, 9.17) is 16.3 Å². The zero-order valence-corrected chi connectivity index (χ0v) is 32.8. The van der Waals surface area contributed by atoms with Gasteiger partial charge in [0.2, 0.25) is 0 Å². The van der Waals surface area contributed by atoms with Gasteiger partial charge < -0.3 is 19.7 Å². The number of hydrogen-bond donors (Lipinski definition) is 1. The maximum atomic E-state index is 14.6. The summed E-state index contributed by atoms with van der Waals surface area (Å²) in [6.45, 7) is 3.75. The number of nitrogens with zero attached hydrogens (tertiary/aromatic N) is 5. The highest BCUT2D eigenvalue weighted by atomic mass is 35.5. The molecule has 2 saturated carbocycles. The Hall–Kier alpha value is -2.43. The van der Waals surface area contributed by atoms with Gasteiger partial charge in [-0.2, -0.15) is 17.6 Å². The average molecular weight is 803 g/mol. The molecule has 2 saturated heterocycles. The molecule has 0 radical (unpaired) electrons. The Bertz CT molecular complexity index is 1660. The van der Waals surface area contributed by atoms with Crippen LogP contribution in [0, 0.1) is 35.5 Å². The van der Waals surface area contributed by atoms with Crippen LogP contribution in [-0.2, 0) is 43.7 Å². The van der Waals surface area contributed by atoms with E-state index in [1.165, 1.54) is 37.7 Å². The van der Waals surface area contributed by atoms with Crippen LogP contribution in [0.1, 0.15) is 73.9 Å². The van der Waals surface area contributed by atoms with Crippen LogP contribution in [0.15, 0.2) is 10.3 Å². The molecule has 292 valence electrons. The largest absolute Gasteiger partial charge is 0.469 e. The fourth-order valence-corrected chi connectivity index (χ4v) is 9.49. The van der Waals surface area contributed by atoms with Gasteiger partial charge in [0.25, 0.3) is 11.8 Å². The average Bonchev–Trinajstić information content (AvgIpc) is 3.81. The Morgan fingerprint density at radius 2 is 1.23 bits per heavy atom. The normalized spacial score (nSPS) is 28.2. The fourth-order valence-electron chi connectivity index (χ4n) is 8.45. The Morgan fingerprint density at radius 3 is 1.74 bits per heavy atom. The van der Waals surface area contributed by atoms with Gasteiger partial charge >= 0.3 is 11.9 Å². The minimum absolute atomic E-state index is 0.0515. The highest BCUT2D eigenvalue weighted by molar-refractivity contribution is 7.98. The van der Waals surface area contributed by atoms with Crippen LogP contribution in [0.2, 0.25) is 5.15 Å². The molecule has 2 aromatic heterocycles. The summed E-state index contributed by atoms with van der Waals surface area (Å²) in [4.78, 5) is 41.2. The third-order valence-corrected chi connectivity index (χ3v) is 12.9. The summed E-state index contributed by atoms with van der Waals surface area (Å²) < 4.78 is 66.2. The van der Waals surface area contributed by atoms with Crippen LogP contribution in [0.25, 0.3) is 0 Å². The van der Waals surface area contributed by atoms with Gasteiger partial charge in [0.15, 0.2) is 10.3 Å². The molecule has 1 N–H and O–H groups in total. The fraction of sp³-hybridized carbons (Fsp3) is 0.722. The Kier molecular flexibility index (Phi) is 12.7. The number of aromatic nitrogens is 4. The molecule has 0 spiro atoms. The lowest BCUT2D eigenvalue weighted by Gasteiger charge is -2.26. The lowest BCUT2D eigenvalue weighted by Crippen LogP contribution is -2.29. The molecule has 2 unspecified atom stereocenters. The van der Waals surface area contributed by atoms with E-state index in [0.717, 1.165) is 44.4 Å². The monoisotopic (exact) mass is 802 g/mol. The smallest absolute Gasteiger partial charge is 0.305 e. The highest BCUT2D eigenvalue weighted by Gasteiger charge is 2.57. The van der Waals surface area contributed by atoms with Gasteiger partial charge in [-0.15, -0.1) is 0 Å². The number of carbonyl (C=O) groups excluding carboxylic acids is 2. The molecule has 2 aromatic rings.